The fourth-order valence-electron chi connectivity index (χ4n) is 5.45. The topological polar surface area (TPSA) is 26.3 Å². The van der Waals surface area contributed by atoms with E-state index in [0.717, 1.165) is 24.7 Å². The predicted molar refractivity (Wildman–Crippen MR) is 170 cm³/mol. The summed E-state index contributed by atoms with van der Waals surface area (Å²) in [7, 11) is 0. The summed E-state index contributed by atoms with van der Waals surface area (Å²) >= 11 is 0. The normalized spacial score (nSPS) is 11.6. The van der Waals surface area contributed by atoms with Gasteiger partial charge in [-0.25, -0.2) is 0 Å². The zero-order valence-corrected chi connectivity index (χ0v) is 27.0. The summed E-state index contributed by atoms with van der Waals surface area (Å²) in [4.78, 5) is 11.9. The van der Waals surface area contributed by atoms with Gasteiger partial charge in [0, 0.05) is 6.42 Å². The van der Waals surface area contributed by atoms with Crippen molar-refractivity contribution < 1.29 is 9.53 Å². The lowest BCUT2D eigenvalue weighted by Gasteiger charge is -2.06. The van der Waals surface area contributed by atoms with Crippen molar-refractivity contribution in [2.75, 3.05) is 6.61 Å². The van der Waals surface area contributed by atoms with Gasteiger partial charge < -0.3 is 4.74 Å². The molecule has 0 aromatic heterocycles. The van der Waals surface area contributed by atoms with Crippen molar-refractivity contribution in [2.24, 2.45) is 11.8 Å². The van der Waals surface area contributed by atoms with Crippen molar-refractivity contribution in [3.05, 3.63) is 0 Å². The first-order valence-corrected chi connectivity index (χ1v) is 17.7. The smallest absolute Gasteiger partial charge is 0.305 e. The third-order valence-electron chi connectivity index (χ3n) is 8.10. The average Bonchev–Trinajstić information content (AvgIpc) is 2.88. The van der Waals surface area contributed by atoms with Gasteiger partial charge in [0.2, 0.25) is 0 Å². The van der Waals surface area contributed by atoms with Crippen molar-refractivity contribution >= 4 is 5.97 Å². The van der Waals surface area contributed by atoms with Gasteiger partial charge in [0.25, 0.3) is 0 Å². The highest BCUT2D eigenvalue weighted by atomic mass is 16.5. The lowest BCUT2D eigenvalue weighted by atomic mass is 10.0. The molecule has 0 aromatic rings. The number of rotatable bonds is 31. The Bertz CT molecular complexity index is 456. The van der Waals surface area contributed by atoms with Gasteiger partial charge in [-0.1, -0.05) is 188 Å². The highest BCUT2D eigenvalue weighted by Crippen LogP contribution is 2.16. The summed E-state index contributed by atoms with van der Waals surface area (Å²) in [5.74, 6) is 1.75. The molecule has 0 saturated carbocycles. The lowest BCUT2D eigenvalue weighted by molar-refractivity contribution is -0.143. The molecule has 228 valence electrons. The molecule has 0 amide bonds. The highest BCUT2D eigenvalue weighted by Gasteiger charge is 2.03. The molecular formula is C36H72O2. The minimum Gasteiger partial charge on any atom is -0.466 e. The molecule has 0 bridgehead atoms. The van der Waals surface area contributed by atoms with E-state index < -0.39 is 0 Å². The summed E-state index contributed by atoms with van der Waals surface area (Å²) in [5, 5.41) is 0. The van der Waals surface area contributed by atoms with Crippen LogP contribution < -0.4 is 0 Å². The highest BCUT2D eigenvalue weighted by molar-refractivity contribution is 5.69. The van der Waals surface area contributed by atoms with Crippen LogP contribution in [0.4, 0.5) is 0 Å². The Balaban J connectivity index is 3.14. The molecule has 0 rings (SSSR count). The molecule has 0 atom stereocenters. The van der Waals surface area contributed by atoms with E-state index in [-0.39, 0.29) is 5.97 Å². The minimum absolute atomic E-state index is 0.0239. The van der Waals surface area contributed by atoms with E-state index in [4.69, 9.17) is 4.74 Å². The summed E-state index contributed by atoms with van der Waals surface area (Å²) in [6.45, 7) is 9.93. The maximum atomic E-state index is 11.9. The second-order valence-corrected chi connectivity index (χ2v) is 13.2. The Morgan fingerprint density at radius 2 is 0.658 bits per heavy atom. The second-order valence-electron chi connectivity index (χ2n) is 13.2. The summed E-state index contributed by atoms with van der Waals surface area (Å²) < 4.78 is 5.43. The molecule has 0 N–H and O–H groups in total. The van der Waals surface area contributed by atoms with Crippen molar-refractivity contribution in [1.29, 1.82) is 0 Å². The van der Waals surface area contributed by atoms with Gasteiger partial charge in [-0.05, 0) is 24.7 Å². The first-order valence-electron chi connectivity index (χ1n) is 17.7. The number of esters is 1. The first kappa shape index (κ1) is 37.5. The van der Waals surface area contributed by atoms with Gasteiger partial charge in [0.1, 0.15) is 0 Å². The van der Waals surface area contributed by atoms with Gasteiger partial charge >= 0.3 is 5.97 Å². The van der Waals surface area contributed by atoms with Crippen LogP contribution in [0.25, 0.3) is 0 Å². The number of ether oxygens (including phenoxy) is 1. The number of carbonyl (C=O) groups is 1. The van der Waals surface area contributed by atoms with Crippen molar-refractivity contribution in [3.63, 3.8) is 0 Å². The van der Waals surface area contributed by atoms with Gasteiger partial charge in [0.05, 0.1) is 6.61 Å². The quantitative estimate of drug-likeness (QED) is 0.0650. The number of hydrogen-bond donors (Lipinski definition) is 0. The van der Waals surface area contributed by atoms with E-state index in [0.29, 0.717) is 13.0 Å². The SMILES string of the molecule is CC(C)CCCCCCCCCCCCCCCCCCCOC(=O)CCCCCCCCCCC(C)C. The molecular weight excluding hydrogens is 464 g/mol. The molecule has 0 radical (unpaired) electrons. The van der Waals surface area contributed by atoms with Crippen LogP contribution in [-0.2, 0) is 9.53 Å². The fraction of sp³-hybridized carbons (Fsp3) is 0.972. The van der Waals surface area contributed by atoms with Gasteiger partial charge in [0.15, 0.2) is 0 Å². The van der Waals surface area contributed by atoms with E-state index in [9.17, 15) is 4.79 Å². The Morgan fingerprint density at radius 1 is 0.395 bits per heavy atom. The molecule has 0 unspecified atom stereocenters. The van der Waals surface area contributed by atoms with Crippen LogP contribution >= 0.6 is 0 Å². The minimum atomic E-state index is 0.0239. The molecule has 0 aliphatic carbocycles. The summed E-state index contributed by atoms with van der Waals surface area (Å²) in [6.07, 6.45) is 37.3. The van der Waals surface area contributed by atoms with Crippen LogP contribution in [0.5, 0.6) is 0 Å². The molecule has 0 aliphatic rings. The van der Waals surface area contributed by atoms with Crippen LogP contribution in [0.3, 0.4) is 0 Å². The largest absolute Gasteiger partial charge is 0.466 e. The van der Waals surface area contributed by atoms with E-state index in [2.05, 4.69) is 27.7 Å². The maximum absolute atomic E-state index is 11.9. The summed E-state index contributed by atoms with van der Waals surface area (Å²) in [6, 6.07) is 0. The summed E-state index contributed by atoms with van der Waals surface area (Å²) in [5.41, 5.74) is 0. The zero-order chi connectivity index (χ0) is 27.9. The van der Waals surface area contributed by atoms with Crippen molar-refractivity contribution in [1.82, 2.24) is 0 Å². The Labute approximate surface area is 241 Å². The third kappa shape index (κ3) is 33.5. The third-order valence-corrected chi connectivity index (χ3v) is 8.10. The van der Waals surface area contributed by atoms with E-state index >= 15 is 0 Å². The van der Waals surface area contributed by atoms with Gasteiger partial charge in [-0.15, -0.1) is 0 Å². The molecule has 0 heterocycles. The zero-order valence-electron chi connectivity index (χ0n) is 27.0. The number of unbranched alkanes of at least 4 members (excludes halogenated alkanes) is 23. The van der Waals surface area contributed by atoms with Crippen LogP contribution in [-0.4, -0.2) is 12.6 Å². The number of hydrogen-bond acceptors (Lipinski definition) is 2. The van der Waals surface area contributed by atoms with Crippen molar-refractivity contribution in [2.45, 2.75) is 207 Å². The molecule has 38 heavy (non-hydrogen) atoms. The van der Waals surface area contributed by atoms with Crippen LogP contribution in [0, 0.1) is 11.8 Å². The van der Waals surface area contributed by atoms with Gasteiger partial charge in [-0.3, -0.25) is 4.79 Å². The van der Waals surface area contributed by atoms with Gasteiger partial charge in [-0.2, -0.15) is 0 Å². The molecule has 0 aliphatic heterocycles. The van der Waals surface area contributed by atoms with Crippen molar-refractivity contribution in [3.8, 4) is 0 Å². The molecule has 0 saturated heterocycles. The van der Waals surface area contributed by atoms with Crippen LogP contribution in [0.2, 0.25) is 0 Å². The van der Waals surface area contributed by atoms with Crippen LogP contribution in [0.15, 0.2) is 0 Å². The van der Waals surface area contributed by atoms with E-state index in [1.807, 2.05) is 0 Å². The first-order chi connectivity index (χ1) is 18.5. The standard InChI is InChI=1S/C36H72O2/c1-34(2)30-26-22-18-14-12-10-8-6-5-7-9-11-13-17-21-25-29-33-38-36(37)32-28-24-20-16-15-19-23-27-31-35(3)4/h34-35H,5-33H2,1-4H3. The molecule has 0 aromatic carbocycles. The fourth-order valence-corrected chi connectivity index (χ4v) is 5.45. The monoisotopic (exact) mass is 537 g/mol. The van der Waals surface area contributed by atoms with E-state index in [1.54, 1.807) is 0 Å². The Hall–Kier alpha value is -0.530. The lowest BCUT2D eigenvalue weighted by Crippen LogP contribution is -2.05. The molecule has 0 spiro atoms. The van der Waals surface area contributed by atoms with Crippen LogP contribution in [0.1, 0.15) is 207 Å². The Kier molecular flexibility index (Phi) is 30.6. The van der Waals surface area contributed by atoms with E-state index in [1.165, 1.54) is 161 Å². The molecule has 2 nitrogen and oxygen atoms in total. The Morgan fingerprint density at radius 3 is 0.974 bits per heavy atom. The molecule has 0 fully saturated rings. The number of carbonyl (C=O) groups excluding carboxylic acids is 1. The predicted octanol–water partition coefficient (Wildman–Crippen LogP) is 12.8. The maximum Gasteiger partial charge on any atom is 0.305 e. The average molecular weight is 537 g/mol. The molecule has 2 heteroatoms. The second kappa shape index (κ2) is 31.0.